The molecule has 5 aromatic carbocycles. The number of nitrogens with zero attached hydrogens (tertiary/aromatic N) is 4. The van der Waals surface area contributed by atoms with Gasteiger partial charge in [-0.25, -0.2) is 13.1 Å². The van der Waals surface area contributed by atoms with Crippen LogP contribution in [-0.2, 0) is 21.2 Å². The molecule has 1 aliphatic heterocycles. The van der Waals surface area contributed by atoms with Crippen molar-refractivity contribution in [2.24, 2.45) is 0 Å². The molecule has 0 aliphatic carbocycles. The Kier molecular flexibility index (Phi) is 15.4. The molecular formula is C44H49ClN6O6S2. The molecule has 1 saturated heterocycles. The van der Waals surface area contributed by atoms with Crippen molar-refractivity contribution in [3.63, 3.8) is 0 Å². The smallest absolute Gasteiger partial charge is 0.293 e. The van der Waals surface area contributed by atoms with Gasteiger partial charge in [-0.1, -0.05) is 66.2 Å². The van der Waals surface area contributed by atoms with Crippen LogP contribution in [-0.4, -0.2) is 107 Å². The van der Waals surface area contributed by atoms with Crippen LogP contribution < -0.4 is 14.9 Å². The summed E-state index contributed by atoms with van der Waals surface area (Å²) in [4.78, 5) is 32.1. The number of benzene rings is 5. The van der Waals surface area contributed by atoms with Crippen LogP contribution in [0.5, 0.6) is 0 Å². The van der Waals surface area contributed by atoms with Crippen LogP contribution in [0.15, 0.2) is 131 Å². The summed E-state index contributed by atoms with van der Waals surface area (Å²) in [6.07, 6.45) is 0.918. The van der Waals surface area contributed by atoms with Gasteiger partial charge in [-0.15, -0.1) is 11.8 Å². The van der Waals surface area contributed by atoms with E-state index in [1.54, 1.807) is 23.9 Å². The predicted octanol–water partition coefficient (Wildman–Crippen LogP) is 7.55. The second-order valence-corrected chi connectivity index (χ2v) is 17.7. The molecule has 2 N–H and O–H groups in total. The highest BCUT2D eigenvalue weighted by Crippen LogP contribution is 2.30. The van der Waals surface area contributed by atoms with E-state index in [1.165, 1.54) is 23.3 Å². The van der Waals surface area contributed by atoms with Gasteiger partial charge in [0.05, 0.1) is 29.1 Å². The summed E-state index contributed by atoms with van der Waals surface area (Å²) in [5, 5.41) is 16.1. The Balaban J connectivity index is 1.03. The fourth-order valence-electron chi connectivity index (χ4n) is 6.71. The van der Waals surface area contributed by atoms with Gasteiger partial charge in [0.2, 0.25) is 0 Å². The fourth-order valence-corrected chi connectivity index (χ4v) is 8.75. The summed E-state index contributed by atoms with van der Waals surface area (Å²) < 4.78 is 34.7. The molecule has 1 aliphatic rings. The third kappa shape index (κ3) is 12.5. The number of piperazine rings is 1. The quantitative estimate of drug-likeness (QED) is 0.0369. The number of anilines is 2. The largest absolute Gasteiger partial charge is 0.378 e. The lowest BCUT2D eigenvalue weighted by Gasteiger charge is -2.36. The molecule has 6 rings (SSSR count). The summed E-state index contributed by atoms with van der Waals surface area (Å²) in [5.74, 6) is -0.297. The Morgan fingerprint density at radius 3 is 2.31 bits per heavy atom. The van der Waals surface area contributed by atoms with E-state index in [-0.39, 0.29) is 23.9 Å². The van der Waals surface area contributed by atoms with Gasteiger partial charge in [-0.05, 0) is 97.9 Å². The number of carbonyl (C=O) groups excluding carboxylic acids is 1. The predicted molar refractivity (Wildman–Crippen MR) is 237 cm³/mol. The normalized spacial score (nSPS) is 13.9. The Bertz CT molecular complexity index is 2270. The monoisotopic (exact) mass is 856 g/mol. The van der Waals surface area contributed by atoms with Crippen molar-refractivity contribution < 1.29 is 22.9 Å². The number of sulfonamides is 1. The lowest BCUT2D eigenvalue weighted by atomic mass is 9.97. The van der Waals surface area contributed by atoms with Crippen molar-refractivity contribution in [1.82, 2.24) is 14.5 Å². The molecule has 5 aromatic rings. The number of nitrogens with one attached hydrogen (secondary N) is 2. The van der Waals surface area contributed by atoms with Gasteiger partial charge in [-0.2, -0.15) is 0 Å². The molecule has 310 valence electrons. The molecule has 1 fully saturated rings. The second kappa shape index (κ2) is 20.8. The number of carbonyl (C=O) groups is 1. The van der Waals surface area contributed by atoms with E-state index in [0.717, 1.165) is 61.4 Å². The molecule has 12 nitrogen and oxygen atoms in total. The number of hydrogen-bond acceptors (Lipinski definition) is 11. The maximum absolute atomic E-state index is 13.4. The molecular weight excluding hydrogens is 808 g/mol. The first kappa shape index (κ1) is 43.6. The SMILES string of the molecule is CN(C)CCOC[C@H](CSc1ccccc1)Nc1ccc(S(=O)(=O)NC(=O)c2ccc(N3CCN(CCc4ccccc4-c4ccc(Cl)cc4)CC3)cc2)cc1[N+](=O)[O-]. The maximum atomic E-state index is 13.4. The Morgan fingerprint density at radius 1 is 0.915 bits per heavy atom. The van der Waals surface area contributed by atoms with Crippen molar-refractivity contribution in [3.05, 3.63) is 148 Å². The Hall–Kier alpha value is -4.96. The topological polar surface area (TPSA) is 137 Å². The van der Waals surface area contributed by atoms with Crippen LogP contribution in [0, 0.1) is 10.1 Å². The van der Waals surface area contributed by atoms with Crippen molar-refractivity contribution in [2.75, 3.05) is 82.5 Å². The zero-order valence-electron chi connectivity index (χ0n) is 33.1. The number of hydrogen-bond donors (Lipinski definition) is 2. The first-order chi connectivity index (χ1) is 28.4. The Morgan fingerprint density at radius 2 is 1.61 bits per heavy atom. The molecule has 1 amide bonds. The number of rotatable bonds is 19. The third-order valence-corrected chi connectivity index (χ3v) is 12.8. The van der Waals surface area contributed by atoms with E-state index in [4.69, 9.17) is 16.3 Å². The molecule has 1 heterocycles. The van der Waals surface area contributed by atoms with Crippen LogP contribution in [0.2, 0.25) is 5.02 Å². The minimum absolute atomic E-state index is 0.144. The summed E-state index contributed by atoms with van der Waals surface area (Å²) in [6.45, 7) is 5.75. The van der Waals surface area contributed by atoms with Gasteiger partial charge < -0.3 is 19.9 Å². The summed E-state index contributed by atoms with van der Waals surface area (Å²) in [5.41, 5.74) is 4.43. The first-order valence-electron chi connectivity index (χ1n) is 19.4. The lowest BCUT2D eigenvalue weighted by molar-refractivity contribution is -0.384. The van der Waals surface area contributed by atoms with E-state index >= 15 is 0 Å². The number of nitro groups is 1. The maximum Gasteiger partial charge on any atom is 0.293 e. The van der Waals surface area contributed by atoms with E-state index in [2.05, 4.69) is 44.1 Å². The second-order valence-electron chi connectivity index (χ2n) is 14.5. The molecule has 0 spiro atoms. The zero-order valence-corrected chi connectivity index (χ0v) is 35.5. The van der Waals surface area contributed by atoms with Crippen LogP contribution in [0.25, 0.3) is 11.1 Å². The van der Waals surface area contributed by atoms with Crippen molar-refractivity contribution in [1.29, 1.82) is 0 Å². The Labute approximate surface area is 355 Å². The number of likely N-dealkylation sites (N-methyl/N-ethyl adjacent to an activating group) is 1. The third-order valence-electron chi connectivity index (χ3n) is 10.00. The van der Waals surface area contributed by atoms with E-state index < -0.39 is 31.4 Å². The molecule has 0 aromatic heterocycles. The molecule has 59 heavy (non-hydrogen) atoms. The number of amides is 1. The van der Waals surface area contributed by atoms with Gasteiger partial charge in [0, 0.05) is 72.3 Å². The van der Waals surface area contributed by atoms with Gasteiger partial charge >= 0.3 is 0 Å². The highest BCUT2D eigenvalue weighted by atomic mass is 35.5. The minimum Gasteiger partial charge on any atom is -0.378 e. The van der Waals surface area contributed by atoms with Gasteiger partial charge in [0.25, 0.3) is 21.6 Å². The summed E-state index contributed by atoms with van der Waals surface area (Å²) >= 11 is 7.69. The van der Waals surface area contributed by atoms with Crippen LogP contribution in [0.3, 0.4) is 0 Å². The molecule has 15 heteroatoms. The number of thioether (sulfide) groups is 1. The zero-order chi connectivity index (χ0) is 41.8. The average Bonchev–Trinajstić information content (AvgIpc) is 3.24. The van der Waals surface area contributed by atoms with Gasteiger partial charge in [-0.3, -0.25) is 19.8 Å². The summed E-state index contributed by atoms with van der Waals surface area (Å²) in [6, 6.07) is 36.2. The van der Waals surface area contributed by atoms with E-state index in [0.29, 0.717) is 23.9 Å². The molecule has 0 saturated carbocycles. The van der Waals surface area contributed by atoms with Crippen molar-refractivity contribution in [2.45, 2.75) is 22.3 Å². The van der Waals surface area contributed by atoms with E-state index in [1.807, 2.05) is 85.7 Å². The lowest BCUT2D eigenvalue weighted by Crippen LogP contribution is -2.47. The molecule has 0 radical (unpaired) electrons. The van der Waals surface area contributed by atoms with E-state index in [9.17, 15) is 23.3 Å². The van der Waals surface area contributed by atoms with Crippen LogP contribution in [0.1, 0.15) is 15.9 Å². The standard InChI is InChI=1S/C44H49ClN6O6S2/c1-48(2)28-29-57-31-37(32-58-39-9-4-3-5-10-39)46-42-21-20-40(30-43(42)51(53)54)59(55,56)47-44(52)35-14-18-38(19-15-35)50-26-24-49(25-27-50)23-22-33-8-6-7-11-41(33)34-12-16-36(45)17-13-34/h3-21,30,37,46H,22-29,31-32H2,1-2H3,(H,47,52)/t37-/m1/s1. The van der Waals surface area contributed by atoms with Gasteiger partial charge in [0.15, 0.2) is 0 Å². The minimum atomic E-state index is -4.45. The number of nitro benzene ring substituents is 1. The van der Waals surface area contributed by atoms with Crippen LogP contribution in [0.4, 0.5) is 17.1 Å². The molecule has 1 atom stereocenters. The molecule has 0 unspecified atom stereocenters. The highest BCUT2D eigenvalue weighted by Gasteiger charge is 2.26. The van der Waals surface area contributed by atoms with Gasteiger partial charge in [0.1, 0.15) is 5.69 Å². The fraction of sp³-hybridized carbons (Fsp3) is 0.295. The molecule has 0 bridgehead atoms. The first-order valence-corrected chi connectivity index (χ1v) is 22.2. The number of halogens is 1. The van der Waals surface area contributed by atoms with Crippen molar-refractivity contribution in [3.8, 4) is 11.1 Å². The summed E-state index contributed by atoms with van der Waals surface area (Å²) in [7, 11) is -0.565. The average molecular weight is 857 g/mol. The van der Waals surface area contributed by atoms with Crippen LogP contribution >= 0.6 is 23.4 Å². The van der Waals surface area contributed by atoms with Crippen molar-refractivity contribution >= 4 is 56.4 Å². The highest BCUT2D eigenvalue weighted by molar-refractivity contribution is 7.99. The number of ether oxygens (including phenoxy) is 1.